The summed E-state index contributed by atoms with van der Waals surface area (Å²) in [5, 5.41) is 3.50. The van der Waals surface area contributed by atoms with Crippen molar-refractivity contribution in [3.63, 3.8) is 0 Å². The quantitative estimate of drug-likeness (QED) is 0.467. The van der Waals surface area contributed by atoms with Crippen LogP contribution in [0.2, 0.25) is 0 Å². The van der Waals surface area contributed by atoms with Gasteiger partial charge in [0, 0.05) is 23.5 Å². The molecule has 1 aromatic heterocycles. The van der Waals surface area contributed by atoms with Gasteiger partial charge in [0.05, 0.1) is 0 Å². The molecular formula is C17H22N4O4. The van der Waals surface area contributed by atoms with Gasteiger partial charge in [0.1, 0.15) is 11.6 Å². The number of nitrogens with one attached hydrogen (secondary N) is 4. The zero-order valence-corrected chi connectivity index (χ0v) is 14.4. The summed E-state index contributed by atoms with van der Waals surface area (Å²) in [5.74, 6) is -0.553. The minimum Gasteiger partial charge on any atom is -0.444 e. The SMILES string of the molecule is CC(C)(C)OC(=O)N[C@@H](Cc1c[nH]c2ccccc12)C(=O)NNC=O. The Balaban J connectivity index is 2.17. The molecule has 2 rings (SSSR count). The van der Waals surface area contributed by atoms with Crippen molar-refractivity contribution in [3.05, 3.63) is 36.0 Å². The molecule has 8 nitrogen and oxygen atoms in total. The predicted molar refractivity (Wildman–Crippen MR) is 92.5 cm³/mol. The Morgan fingerprint density at radius 2 is 2.00 bits per heavy atom. The van der Waals surface area contributed by atoms with Crippen LogP contribution in [-0.2, 0) is 20.7 Å². The highest BCUT2D eigenvalue weighted by Crippen LogP contribution is 2.19. The van der Waals surface area contributed by atoms with Gasteiger partial charge in [0.25, 0.3) is 5.91 Å². The lowest BCUT2D eigenvalue weighted by Gasteiger charge is -2.23. The van der Waals surface area contributed by atoms with Crippen molar-refractivity contribution >= 4 is 29.3 Å². The molecule has 4 N–H and O–H groups in total. The number of alkyl carbamates (subject to hydrolysis) is 1. The van der Waals surface area contributed by atoms with Crippen molar-refractivity contribution in [1.82, 2.24) is 21.2 Å². The number of hydrogen-bond donors (Lipinski definition) is 4. The Labute approximate surface area is 145 Å². The summed E-state index contributed by atoms with van der Waals surface area (Å²) in [5.41, 5.74) is 5.41. The van der Waals surface area contributed by atoms with Crippen molar-refractivity contribution in [2.24, 2.45) is 0 Å². The molecule has 25 heavy (non-hydrogen) atoms. The molecule has 1 heterocycles. The van der Waals surface area contributed by atoms with E-state index in [1.807, 2.05) is 24.3 Å². The maximum absolute atomic E-state index is 12.3. The summed E-state index contributed by atoms with van der Waals surface area (Å²) < 4.78 is 5.20. The Kier molecular flexibility index (Phi) is 5.63. The second-order valence-electron chi connectivity index (χ2n) is 6.51. The maximum atomic E-state index is 12.3. The number of aromatic amines is 1. The molecule has 1 atom stereocenters. The maximum Gasteiger partial charge on any atom is 0.408 e. The molecule has 3 amide bonds. The van der Waals surface area contributed by atoms with E-state index in [-0.39, 0.29) is 6.42 Å². The van der Waals surface area contributed by atoms with Gasteiger partial charge in [-0.1, -0.05) is 18.2 Å². The lowest BCUT2D eigenvalue weighted by atomic mass is 10.0. The number of amides is 3. The minimum absolute atomic E-state index is 0.232. The highest BCUT2D eigenvalue weighted by molar-refractivity contribution is 5.88. The molecule has 8 heteroatoms. The topological polar surface area (TPSA) is 112 Å². The molecule has 0 bridgehead atoms. The summed E-state index contributed by atoms with van der Waals surface area (Å²) in [6.45, 7) is 5.19. The first kappa shape index (κ1) is 18.3. The molecule has 134 valence electrons. The average molecular weight is 346 g/mol. The minimum atomic E-state index is -0.915. The Morgan fingerprint density at radius 1 is 1.28 bits per heavy atom. The van der Waals surface area contributed by atoms with Crippen LogP contribution in [0.3, 0.4) is 0 Å². The van der Waals surface area contributed by atoms with Crippen molar-refractivity contribution in [2.45, 2.75) is 38.8 Å². The van der Waals surface area contributed by atoms with Gasteiger partial charge >= 0.3 is 6.09 Å². The highest BCUT2D eigenvalue weighted by atomic mass is 16.6. The molecule has 0 saturated carbocycles. The van der Waals surface area contributed by atoms with Crippen molar-refractivity contribution < 1.29 is 19.1 Å². The van der Waals surface area contributed by atoms with E-state index in [0.29, 0.717) is 6.41 Å². The van der Waals surface area contributed by atoms with E-state index in [1.165, 1.54) is 0 Å². The first-order valence-corrected chi connectivity index (χ1v) is 7.83. The van der Waals surface area contributed by atoms with E-state index < -0.39 is 23.6 Å². The molecule has 0 unspecified atom stereocenters. The molecule has 0 aliphatic rings. The zero-order valence-electron chi connectivity index (χ0n) is 14.4. The van der Waals surface area contributed by atoms with Gasteiger partial charge < -0.3 is 15.0 Å². The molecule has 0 aliphatic heterocycles. The van der Waals surface area contributed by atoms with Crippen molar-refractivity contribution in [2.75, 3.05) is 0 Å². The van der Waals surface area contributed by atoms with Crippen LogP contribution in [-0.4, -0.2) is 35.0 Å². The van der Waals surface area contributed by atoms with Crippen LogP contribution in [0, 0.1) is 0 Å². The van der Waals surface area contributed by atoms with Crippen LogP contribution in [0.4, 0.5) is 4.79 Å². The number of hydrazine groups is 1. The van der Waals surface area contributed by atoms with Crippen molar-refractivity contribution in [3.8, 4) is 0 Å². The highest BCUT2D eigenvalue weighted by Gasteiger charge is 2.25. The van der Waals surface area contributed by atoms with Crippen LogP contribution in [0.1, 0.15) is 26.3 Å². The second kappa shape index (κ2) is 7.69. The average Bonchev–Trinajstić information content (AvgIpc) is 2.93. The number of para-hydroxylation sites is 1. The number of ether oxygens (including phenoxy) is 1. The molecular weight excluding hydrogens is 324 g/mol. The normalized spacial score (nSPS) is 12.3. The van der Waals surface area contributed by atoms with E-state index in [9.17, 15) is 14.4 Å². The van der Waals surface area contributed by atoms with Gasteiger partial charge in [0.15, 0.2) is 0 Å². The molecule has 0 radical (unpaired) electrons. The summed E-state index contributed by atoms with van der Waals surface area (Å²) >= 11 is 0. The van der Waals surface area contributed by atoms with Crippen molar-refractivity contribution in [1.29, 1.82) is 0 Å². The Morgan fingerprint density at radius 3 is 2.68 bits per heavy atom. The van der Waals surface area contributed by atoms with Gasteiger partial charge in [-0.25, -0.2) is 4.79 Å². The third-order valence-corrected chi connectivity index (χ3v) is 3.36. The summed E-state index contributed by atoms with van der Waals surface area (Å²) in [6.07, 6.45) is 1.65. The van der Waals surface area contributed by atoms with Crippen LogP contribution >= 0.6 is 0 Å². The fourth-order valence-electron chi connectivity index (χ4n) is 2.37. The second-order valence-corrected chi connectivity index (χ2v) is 6.51. The van der Waals surface area contributed by atoms with Gasteiger partial charge in [-0.15, -0.1) is 0 Å². The lowest BCUT2D eigenvalue weighted by Crippen LogP contribution is -2.52. The van der Waals surface area contributed by atoms with E-state index in [2.05, 4.69) is 21.2 Å². The molecule has 0 aliphatic carbocycles. The molecule has 0 saturated heterocycles. The Bertz CT molecular complexity index is 763. The third-order valence-electron chi connectivity index (χ3n) is 3.36. The number of hydrogen-bond acceptors (Lipinski definition) is 4. The van der Waals surface area contributed by atoms with E-state index >= 15 is 0 Å². The lowest BCUT2D eigenvalue weighted by molar-refractivity contribution is -0.126. The van der Waals surface area contributed by atoms with Gasteiger partial charge in [-0.05, 0) is 32.4 Å². The van der Waals surface area contributed by atoms with E-state index in [1.54, 1.807) is 27.0 Å². The van der Waals surface area contributed by atoms with Crippen LogP contribution in [0.15, 0.2) is 30.5 Å². The van der Waals surface area contributed by atoms with Crippen LogP contribution in [0.25, 0.3) is 10.9 Å². The standard InChI is InChI=1S/C17H22N4O4/c1-17(2,3)25-16(24)20-14(15(23)21-19-10-22)8-11-9-18-13-7-5-4-6-12(11)13/h4-7,9-10,14,18H,8H2,1-3H3,(H,19,22)(H,20,24)(H,21,23)/t14-/m0/s1. The number of carbonyl (C=O) groups is 3. The predicted octanol–water partition coefficient (Wildman–Crippen LogP) is 1.38. The summed E-state index contributed by atoms with van der Waals surface area (Å²) in [6, 6.07) is 6.72. The van der Waals surface area contributed by atoms with Crippen LogP contribution in [0.5, 0.6) is 0 Å². The summed E-state index contributed by atoms with van der Waals surface area (Å²) in [7, 11) is 0. The van der Waals surface area contributed by atoms with Gasteiger partial charge in [-0.2, -0.15) is 0 Å². The number of rotatable bonds is 6. The number of fused-ring (bicyclic) bond motifs is 1. The number of aromatic nitrogens is 1. The van der Waals surface area contributed by atoms with Gasteiger partial charge in [-0.3, -0.25) is 20.4 Å². The smallest absolute Gasteiger partial charge is 0.408 e. The summed E-state index contributed by atoms with van der Waals surface area (Å²) in [4.78, 5) is 37.8. The van der Waals surface area contributed by atoms with E-state index in [4.69, 9.17) is 4.74 Å². The molecule has 2 aromatic rings. The molecule has 0 spiro atoms. The zero-order chi connectivity index (χ0) is 18.4. The molecule has 0 fully saturated rings. The first-order valence-electron chi connectivity index (χ1n) is 7.83. The fraction of sp³-hybridized carbons (Fsp3) is 0.353. The van der Waals surface area contributed by atoms with Crippen LogP contribution < -0.4 is 16.2 Å². The molecule has 1 aromatic carbocycles. The Hall–Kier alpha value is -3.03. The number of carbonyl (C=O) groups excluding carboxylic acids is 3. The number of benzene rings is 1. The monoisotopic (exact) mass is 346 g/mol. The number of H-pyrrole nitrogens is 1. The third kappa shape index (κ3) is 5.23. The van der Waals surface area contributed by atoms with Gasteiger partial charge in [0.2, 0.25) is 6.41 Å². The first-order chi connectivity index (χ1) is 11.8. The largest absolute Gasteiger partial charge is 0.444 e. The van der Waals surface area contributed by atoms with E-state index in [0.717, 1.165) is 16.5 Å². The fourth-order valence-corrected chi connectivity index (χ4v) is 2.37.